The second-order valence-electron chi connectivity index (χ2n) is 5.15. The second kappa shape index (κ2) is 10.0. The Morgan fingerprint density at radius 3 is 2.29 bits per heavy atom. The lowest BCUT2D eigenvalue weighted by Crippen LogP contribution is -2.39. The molecule has 0 aromatic rings. The zero-order chi connectivity index (χ0) is 16.4. The molecule has 0 saturated carbocycles. The number of alkyl carbamates (subject to hydrolysis) is 1. The number of nitrogens with one attached hydrogen (secondary N) is 1. The molecular weight excluding hydrogens is 278 g/mol. The van der Waals surface area contributed by atoms with Crippen LogP contribution in [-0.4, -0.2) is 35.5 Å². The summed E-state index contributed by atoms with van der Waals surface area (Å²) in [6, 6.07) is -0.513. The van der Waals surface area contributed by atoms with Crippen LogP contribution in [0, 0.1) is 5.92 Å². The van der Waals surface area contributed by atoms with Crippen molar-refractivity contribution in [3.63, 3.8) is 0 Å². The van der Waals surface area contributed by atoms with Crippen LogP contribution in [0.4, 0.5) is 4.79 Å². The first-order chi connectivity index (χ1) is 9.74. The fourth-order valence-electron chi connectivity index (χ4n) is 2.11. The molecule has 1 amide bonds. The molecule has 0 heterocycles. The van der Waals surface area contributed by atoms with Crippen molar-refractivity contribution in [2.45, 2.75) is 65.7 Å². The van der Waals surface area contributed by atoms with Crippen LogP contribution in [-0.2, 0) is 19.1 Å². The Kier molecular flexibility index (Phi) is 9.16. The van der Waals surface area contributed by atoms with Gasteiger partial charge in [0.25, 0.3) is 0 Å². The number of hydrogen-bond donors (Lipinski definition) is 2. The van der Waals surface area contributed by atoms with Crippen molar-refractivity contribution in [1.82, 2.24) is 5.32 Å². The van der Waals surface area contributed by atoms with Crippen LogP contribution >= 0.6 is 0 Å². The standard InChI is InChI=1S/C14H25NO6/c1-5-6-9(2)7-12(8-13(17)18)15-14(19)21-11(4)20-10(3)16/h9,11-12H,5-8H2,1-4H3,(H,15,19)(H,17,18)/t9?,11-,12?/m0/s1. The van der Waals surface area contributed by atoms with E-state index in [1.54, 1.807) is 0 Å². The fraction of sp³-hybridized carbons (Fsp3) is 0.786. The minimum absolute atomic E-state index is 0.175. The quantitative estimate of drug-likeness (QED) is 0.500. The maximum atomic E-state index is 11.6. The summed E-state index contributed by atoms with van der Waals surface area (Å²) in [6.45, 7) is 6.67. The van der Waals surface area contributed by atoms with Crippen LogP contribution in [0.2, 0.25) is 0 Å². The molecule has 0 radical (unpaired) electrons. The number of aliphatic carboxylic acids is 1. The van der Waals surface area contributed by atoms with Gasteiger partial charge in [0.15, 0.2) is 0 Å². The Morgan fingerprint density at radius 1 is 1.19 bits per heavy atom. The molecule has 0 aliphatic heterocycles. The monoisotopic (exact) mass is 303 g/mol. The van der Waals surface area contributed by atoms with E-state index in [1.807, 2.05) is 13.8 Å². The molecule has 2 unspecified atom stereocenters. The van der Waals surface area contributed by atoms with Gasteiger partial charge in [-0.15, -0.1) is 0 Å². The van der Waals surface area contributed by atoms with Gasteiger partial charge in [-0.05, 0) is 12.3 Å². The molecule has 122 valence electrons. The van der Waals surface area contributed by atoms with Crippen molar-refractivity contribution < 1.29 is 29.0 Å². The molecule has 7 nitrogen and oxygen atoms in total. The van der Waals surface area contributed by atoms with E-state index >= 15 is 0 Å². The average Bonchev–Trinajstić information content (AvgIpc) is 2.25. The van der Waals surface area contributed by atoms with E-state index in [0.29, 0.717) is 12.3 Å². The molecule has 3 atom stereocenters. The fourth-order valence-corrected chi connectivity index (χ4v) is 2.11. The van der Waals surface area contributed by atoms with Crippen molar-refractivity contribution in [2.75, 3.05) is 0 Å². The highest BCUT2D eigenvalue weighted by molar-refractivity contribution is 5.71. The predicted octanol–water partition coefficient (Wildman–Crippen LogP) is 2.29. The molecule has 0 aromatic heterocycles. The third kappa shape index (κ3) is 10.6. The van der Waals surface area contributed by atoms with Crippen LogP contribution < -0.4 is 5.32 Å². The van der Waals surface area contributed by atoms with Gasteiger partial charge in [0.1, 0.15) is 0 Å². The van der Waals surface area contributed by atoms with E-state index in [1.165, 1.54) is 13.8 Å². The number of esters is 1. The summed E-state index contributed by atoms with van der Waals surface area (Å²) in [6.07, 6.45) is 0.521. The molecule has 0 fully saturated rings. The number of carboxylic acid groups (broad SMARTS) is 1. The summed E-state index contributed by atoms with van der Waals surface area (Å²) in [5.41, 5.74) is 0. The average molecular weight is 303 g/mol. The van der Waals surface area contributed by atoms with Gasteiger partial charge in [-0.1, -0.05) is 26.7 Å². The first-order valence-electron chi connectivity index (χ1n) is 7.10. The number of rotatable bonds is 9. The van der Waals surface area contributed by atoms with Crippen LogP contribution in [0.25, 0.3) is 0 Å². The van der Waals surface area contributed by atoms with E-state index < -0.39 is 30.4 Å². The van der Waals surface area contributed by atoms with Gasteiger partial charge < -0.3 is 19.9 Å². The maximum Gasteiger partial charge on any atom is 0.410 e. The Hall–Kier alpha value is -1.79. The minimum Gasteiger partial charge on any atom is -0.481 e. The van der Waals surface area contributed by atoms with E-state index in [0.717, 1.165) is 12.8 Å². The SMILES string of the molecule is CCCC(C)CC(CC(=O)O)NC(=O)O[C@@H](C)OC(C)=O. The second-order valence-corrected chi connectivity index (χ2v) is 5.15. The van der Waals surface area contributed by atoms with Crippen molar-refractivity contribution in [3.8, 4) is 0 Å². The zero-order valence-electron chi connectivity index (χ0n) is 13.0. The third-order valence-electron chi connectivity index (χ3n) is 2.82. The topological polar surface area (TPSA) is 102 Å². The highest BCUT2D eigenvalue weighted by atomic mass is 16.7. The molecular formula is C14H25NO6. The van der Waals surface area contributed by atoms with Crippen molar-refractivity contribution in [1.29, 1.82) is 0 Å². The van der Waals surface area contributed by atoms with Crippen LogP contribution in [0.15, 0.2) is 0 Å². The Bertz CT molecular complexity index is 357. The number of carboxylic acids is 1. The molecule has 2 N–H and O–H groups in total. The number of hydrogen-bond acceptors (Lipinski definition) is 5. The minimum atomic E-state index is -1.01. The van der Waals surface area contributed by atoms with E-state index in [-0.39, 0.29) is 6.42 Å². The number of carbonyl (C=O) groups is 3. The van der Waals surface area contributed by atoms with E-state index in [9.17, 15) is 14.4 Å². The highest BCUT2D eigenvalue weighted by Crippen LogP contribution is 2.15. The molecule has 0 bridgehead atoms. The maximum absolute atomic E-state index is 11.6. The molecule has 0 aliphatic rings. The predicted molar refractivity (Wildman–Crippen MR) is 75.6 cm³/mol. The lowest BCUT2D eigenvalue weighted by Gasteiger charge is -2.21. The van der Waals surface area contributed by atoms with Crippen molar-refractivity contribution >= 4 is 18.0 Å². The smallest absolute Gasteiger partial charge is 0.410 e. The first-order valence-corrected chi connectivity index (χ1v) is 7.10. The van der Waals surface area contributed by atoms with Crippen LogP contribution in [0.5, 0.6) is 0 Å². The van der Waals surface area contributed by atoms with E-state index in [4.69, 9.17) is 9.84 Å². The summed E-state index contributed by atoms with van der Waals surface area (Å²) in [7, 11) is 0. The van der Waals surface area contributed by atoms with Crippen LogP contribution in [0.1, 0.15) is 53.4 Å². The van der Waals surface area contributed by atoms with Gasteiger partial charge in [-0.25, -0.2) is 4.79 Å². The molecule has 21 heavy (non-hydrogen) atoms. The molecule has 0 rings (SSSR count). The zero-order valence-corrected chi connectivity index (χ0v) is 13.0. The largest absolute Gasteiger partial charge is 0.481 e. The summed E-state index contributed by atoms with van der Waals surface area (Å²) < 4.78 is 9.49. The normalized spacial score (nSPS) is 14.7. The third-order valence-corrected chi connectivity index (χ3v) is 2.82. The Balaban J connectivity index is 4.40. The Labute approximate surface area is 125 Å². The Morgan fingerprint density at radius 2 is 1.81 bits per heavy atom. The number of amides is 1. The summed E-state index contributed by atoms with van der Waals surface area (Å²) in [5, 5.41) is 11.4. The number of carbonyl (C=O) groups excluding carboxylic acids is 2. The van der Waals surface area contributed by atoms with Gasteiger partial charge in [0, 0.05) is 19.9 Å². The first kappa shape index (κ1) is 19.2. The number of ether oxygens (including phenoxy) is 2. The van der Waals surface area contributed by atoms with Gasteiger partial charge >= 0.3 is 18.0 Å². The molecule has 7 heteroatoms. The van der Waals surface area contributed by atoms with Crippen molar-refractivity contribution in [2.24, 2.45) is 5.92 Å². The lowest BCUT2D eigenvalue weighted by atomic mass is 9.95. The summed E-state index contributed by atoms with van der Waals surface area (Å²) in [4.78, 5) is 33.2. The lowest BCUT2D eigenvalue weighted by molar-refractivity contribution is -0.162. The molecule has 0 aromatic carbocycles. The van der Waals surface area contributed by atoms with Gasteiger partial charge in [0.05, 0.1) is 6.42 Å². The van der Waals surface area contributed by atoms with Crippen molar-refractivity contribution in [3.05, 3.63) is 0 Å². The van der Waals surface area contributed by atoms with E-state index in [2.05, 4.69) is 10.1 Å². The highest BCUT2D eigenvalue weighted by Gasteiger charge is 2.21. The molecule has 0 aliphatic carbocycles. The summed E-state index contributed by atoms with van der Waals surface area (Å²) >= 11 is 0. The van der Waals surface area contributed by atoms with Gasteiger partial charge in [-0.3, -0.25) is 9.59 Å². The van der Waals surface area contributed by atoms with Crippen LogP contribution in [0.3, 0.4) is 0 Å². The van der Waals surface area contributed by atoms with Gasteiger partial charge in [-0.2, -0.15) is 0 Å². The van der Waals surface area contributed by atoms with Gasteiger partial charge in [0.2, 0.25) is 6.29 Å². The molecule has 0 saturated heterocycles. The molecule has 0 spiro atoms. The summed E-state index contributed by atoms with van der Waals surface area (Å²) in [5.74, 6) is -1.25.